The molecule has 0 aliphatic carbocycles. The standard InChI is InChI=1S/C11H12N2O5/c1-3-10(12-17-2)11(14)18-9-6-4-8(5-7-9)13(15)16/h3-7,12H,1-2H3. The van der Waals surface area contributed by atoms with Crippen LogP contribution >= 0.6 is 0 Å². The third kappa shape index (κ3) is 3.56. The molecule has 1 rings (SSSR count). The molecule has 0 heterocycles. The Morgan fingerprint density at radius 2 is 2.00 bits per heavy atom. The van der Waals surface area contributed by atoms with Crippen molar-refractivity contribution >= 4 is 11.7 Å². The van der Waals surface area contributed by atoms with E-state index in [1.165, 1.54) is 37.5 Å². The number of esters is 1. The SMILES string of the molecule is CC=C(NOC)C(=O)Oc1ccc([N+](=O)[O-])cc1. The third-order valence-electron chi connectivity index (χ3n) is 1.98. The lowest BCUT2D eigenvalue weighted by molar-refractivity contribution is -0.384. The molecule has 0 saturated heterocycles. The smallest absolute Gasteiger partial charge is 0.361 e. The second-order valence-electron chi connectivity index (χ2n) is 3.15. The second-order valence-corrected chi connectivity index (χ2v) is 3.15. The predicted octanol–water partition coefficient (Wildman–Crippen LogP) is 1.55. The number of hydrogen-bond donors (Lipinski definition) is 1. The first kappa shape index (κ1) is 13.7. The zero-order valence-electron chi connectivity index (χ0n) is 9.88. The van der Waals surface area contributed by atoms with E-state index in [0.717, 1.165) is 0 Å². The van der Waals surface area contributed by atoms with Gasteiger partial charge in [0.2, 0.25) is 0 Å². The van der Waals surface area contributed by atoms with E-state index in [0.29, 0.717) is 0 Å². The highest BCUT2D eigenvalue weighted by Crippen LogP contribution is 2.17. The van der Waals surface area contributed by atoms with Gasteiger partial charge in [0, 0.05) is 12.1 Å². The maximum atomic E-state index is 11.6. The Bertz CT molecular complexity index is 467. The summed E-state index contributed by atoms with van der Waals surface area (Å²) in [6.07, 6.45) is 1.48. The van der Waals surface area contributed by atoms with Crippen LogP contribution in [0.2, 0.25) is 0 Å². The Balaban J connectivity index is 2.73. The summed E-state index contributed by atoms with van der Waals surface area (Å²) in [5.41, 5.74) is 2.42. The van der Waals surface area contributed by atoms with Crippen LogP contribution in [-0.4, -0.2) is 18.0 Å². The number of non-ortho nitro benzene ring substituents is 1. The van der Waals surface area contributed by atoms with Crippen molar-refractivity contribution in [1.29, 1.82) is 0 Å². The number of hydroxylamine groups is 1. The molecule has 0 unspecified atom stereocenters. The van der Waals surface area contributed by atoms with Crippen molar-refractivity contribution in [3.05, 3.63) is 46.2 Å². The fourth-order valence-electron chi connectivity index (χ4n) is 1.13. The van der Waals surface area contributed by atoms with Gasteiger partial charge in [-0.15, -0.1) is 0 Å². The fraction of sp³-hybridized carbons (Fsp3) is 0.182. The van der Waals surface area contributed by atoms with E-state index in [-0.39, 0.29) is 17.1 Å². The molecule has 0 amide bonds. The van der Waals surface area contributed by atoms with Gasteiger partial charge in [-0.05, 0) is 19.1 Å². The molecule has 7 nitrogen and oxygen atoms in total. The normalized spacial score (nSPS) is 10.9. The van der Waals surface area contributed by atoms with E-state index in [1.807, 2.05) is 0 Å². The van der Waals surface area contributed by atoms with Crippen molar-refractivity contribution < 1.29 is 19.3 Å². The largest absolute Gasteiger partial charge is 0.422 e. The lowest BCUT2D eigenvalue weighted by atomic mass is 10.3. The Labute approximate surface area is 103 Å². The van der Waals surface area contributed by atoms with Gasteiger partial charge in [-0.25, -0.2) is 4.79 Å². The number of carbonyl (C=O) groups excluding carboxylic acids is 1. The number of rotatable bonds is 5. The Morgan fingerprint density at radius 1 is 1.39 bits per heavy atom. The Morgan fingerprint density at radius 3 is 2.44 bits per heavy atom. The van der Waals surface area contributed by atoms with Gasteiger partial charge in [-0.3, -0.25) is 20.4 Å². The van der Waals surface area contributed by atoms with Crippen molar-refractivity contribution in [1.82, 2.24) is 5.48 Å². The van der Waals surface area contributed by atoms with Crippen LogP contribution in [0.5, 0.6) is 5.75 Å². The van der Waals surface area contributed by atoms with Crippen LogP contribution in [0, 0.1) is 10.1 Å². The number of benzene rings is 1. The van der Waals surface area contributed by atoms with E-state index >= 15 is 0 Å². The molecule has 0 aliphatic heterocycles. The van der Waals surface area contributed by atoms with Gasteiger partial charge in [-0.2, -0.15) is 0 Å². The lowest BCUT2D eigenvalue weighted by Gasteiger charge is -2.07. The van der Waals surface area contributed by atoms with Crippen molar-refractivity contribution in [3.8, 4) is 5.75 Å². The quantitative estimate of drug-likeness (QED) is 0.281. The molecule has 1 aromatic carbocycles. The molecular weight excluding hydrogens is 240 g/mol. The molecular formula is C11H12N2O5. The van der Waals surface area contributed by atoms with Gasteiger partial charge in [0.25, 0.3) is 5.69 Å². The van der Waals surface area contributed by atoms with Crippen LogP contribution in [0.4, 0.5) is 5.69 Å². The molecule has 0 radical (unpaired) electrons. The molecule has 96 valence electrons. The van der Waals surface area contributed by atoms with Gasteiger partial charge in [0.05, 0.1) is 12.0 Å². The first-order chi connectivity index (χ1) is 8.58. The summed E-state index contributed by atoms with van der Waals surface area (Å²) < 4.78 is 4.98. The molecule has 0 bridgehead atoms. The molecule has 18 heavy (non-hydrogen) atoms. The fourth-order valence-corrected chi connectivity index (χ4v) is 1.13. The van der Waals surface area contributed by atoms with Gasteiger partial charge in [0.1, 0.15) is 11.4 Å². The maximum absolute atomic E-state index is 11.6. The zero-order chi connectivity index (χ0) is 13.5. The number of nitro groups is 1. The van der Waals surface area contributed by atoms with Crippen LogP contribution in [0.3, 0.4) is 0 Å². The van der Waals surface area contributed by atoms with E-state index in [4.69, 9.17) is 4.74 Å². The van der Waals surface area contributed by atoms with Crippen LogP contribution in [0.15, 0.2) is 36.0 Å². The number of allylic oxidation sites excluding steroid dienone is 1. The van der Waals surface area contributed by atoms with Crippen molar-refractivity contribution in [2.45, 2.75) is 6.92 Å². The van der Waals surface area contributed by atoms with Gasteiger partial charge < -0.3 is 4.74 Å². The number of carbonyl (C=O) groups is 1. The molecule has 0 aromatic heterocycles. The van der Waals surface area contributed by atoms with Crippen LogP contribution in [0.1, 0.15) is 6.92 Å². The first-order valence-corrected chi connectivity index (χ1v) is 5.00. The average molecular weight is 252 g/mol. The van der Waals surface area contributed by atoms with E-state index < -0.39 is 10.9 Å². The summed E-state index contributed by atoms with van der Waals surface area (Å²) in [4.78, 5) is 26.1. The second kappa shape index (κ2) is 6.36. The van der Waals surface area contributed by atoms with E-state index in [1.54, 1.807) is 6.92 Å². The molecule has 0 fully saturated rings. The maximum Gasteiger partial charge on any atom is 0.361 e. The topological polar surface area (TPSA) is 90.7 Å². The molecule has 0 saturated carbocycles. The van der Waals surface area contributed by atoms with Crippen LogP contribution < -0.4 is 10.2 Å². The van der Waals surface area contributed by atoms with Gasteiger partial charge >= 0.3 is 5.97 Å². The summed E-state index contributed by atoms with van der Waals surface area (Å²) >= 11 is 0. The number of hydrogen-bond acceptors (Lipinski definition) is 6. The highest BCUT2D eigenvalue weighted by Gasteiger charge is 2.12. The number of nitrogens with one attached hydrogen (secondary N) is 1. The van der Waals surface area contributed by atoms with Crippen LogP contribution in [-0.2, 0) is 9.63 Å². The summed E-state index contributed by atoms with van der Waals surface area (Å²) in [7, 11) is 1.36. The van der Waals surface area contributed by atoms with E-state index in [2.05, 4.69) is 10.3 Å². The minimum absolute atomic E-state index is 0.0731. The van der Waals surface area contributed by atoms with Gasteiger partial charge in [-0.1, -0.05) is 6.08 Å². The average Bonchev–Trinajstić information content (AvgIpc) is 2.36. The third-order valence-corrected chi connectivity index (χ3v) is 1.98. The number of nitro benzene ring substituents is 1. The summed E-state index contributed by atoms with van der Waals surface area (Å²) in [6, 6.07) is 5.19. The molecule has 0 aliphatic rings. The summed E-state index contributed by atoms with van der Waals surface area (Å²) in [6.45, 7) is 1.64. The molecule has 0 spiro atoms. The Kier molecular flexibility index (Phi) is 4.82. The van der Waals surface area contributed by atoms with Crippen molar-refractivity contribution in [2.75, 3.05) is 7.11 Å². The van der Waals surface area contributed by atoms with Crippen molar-refractivity contribution in [2.24, 2.45) is 0 Å². The number of nitrogens with zero attached hydrogens (tertiary/aromatic N) is 1. The van der Waals surface area contributed by atoms with Crippen LogP contribution in [0.25, 0.3) is 0 Å². The van der Waals surface area contributed by atoms with Crippen molar-refractivity contribution in [3.63, 3.8) is 0 Å². The summed E-state index contributed by atoms with van der Waals surface area (Å²) in [5, 5.41) is 10.4. The monoisotopic (exact) mass is 252 g/mol. The minimum Gasteiger partial charge on any atom is -0.422 e. The van der Waals surface area contributed by atoms with Gasteiger partial charge in [0.15, 0.2) is 0 Å². The highest BCUT2D eigenvalue weighted by molar-refractivity contribution is 5.89. The zero-order valence-corrected chi connectivity index (χ0v) is 9.88. The lowest BCUT2D eigenvalue weighted by Crippen LogP contribution is -2.23. The highest BCUT2D eigenvalue weighted by atomic mass is 16.6. The summed E-state index contributed by atoms with van der Waals surface area (Å²) in [5.74, 6) is -0.434. The van der Waals surface area contributed by atoms with E-state index in [9.17, 15) is 14.9 Å². The Hall–Kier alpha value is -2.41. The predicted molar refractivity (Wildman–Crippen MR) is 62.6 cm³/mol. The molecule has 1 N–H and O–H groups in total. The first-order valence-electron chi connectivity index (χ1n) is 5.00. The molecule has 7 heteroatoms. The molecule has 1 aromatic rings. The minimum atomic E-state index is -0.645. The molecule has 0 atom stereocenters. The number of ether oxygens (including phenoxy) is 1.